The number of hydrogen-bond donors (Lipinski definition) is 0. The summed E-state index contributed by atoms with van der Waals surface area (Å²) in [7, 11) is 0. The van der Waals surface area contributed by atoms with Crippen molar-refractivity contribution in [1.29, 1.82) is 0 Å². The normalized spacial score (nSPS) is 11.7. The average Bonchev–Trinajstić information content (AvgIpc) is 3.42. The Morgan fingerprint density at radius 1 is 0.395 bits per heavy atom. The SMILES string of the molecule is c1ccc(-c2ccc3c(ccc4c3c3ccccc3n4-c3nc(-c4ccc5ccccc5c4)c4ccccc4n3)c2)cc1. The fraction of sp³-hybridized carbons (Fsp3) is 0. The van der Waals surface area contributed by atoms with Gasteiger partial charge in [-0.25, -0.2) is 9.97 Å². The van der Waals surface area contributed by atoms with Crippen LogP contribution in [0.2, 0.25) is 0 Å². The molecule has 2 aromatic heterocycles. The van der Waals surface area contributed by atoms with E-state index < -0.39 is 0 Å². The molecule has 0 aliphatic heterocycles. The van der Waals surface area contributed by atoms with Gasteiger partial charge in [-0.1, -0.05) is 121 Å². The van der Waals surface area contributed by atoms with Crippen molar-refractivity contribution in [1.82, 2.24) is 14.5 Å². The molecule has 0 N–H and O–H groups in total. The van der Waals surface area contributed by atoms with Crippen molar-refractivity contribution in [3.05, 3.63) is 152 Å². The molecule has 200 valence electrons. The van der Waals surface area contributed by atoms with Crippen LogP contribution in [0.15, 0.2) is 152 Å². The van der Waals surface area contributed by atoms with Gasteiger partial charge in [0.2, 0.25) is 5.95 Å². The molecular weight excluding hydrogens is 522 g/mol. The first-order chi connectivity index (χ1) is 21.3. The molecule has 9 aromatic rings. The molecule has 3 heteroatoms. The molecular formula is C40H25N3. The lowest BCUT2D eigenvalue weighted by Gasteiger charge is -2.12. The minimum atomic E-state index is 0.674. The van der Waals surface area contributed by atoms with E-state index in [1.54, 1.807) is 0 Å². The number of nitrogens with zero attached hydrogens (tertiary/aromatic N) is 3. The molecule has 2 heterocycles. The Labute approximate surface area is 248 Å². The Morgan fingerprint density at radius 3 is 2.00 bits per heavy atom. The van der Waals surface area contributed by atoms with Gasteiger partial charge in [0, 0.05) is 21.7 Å². The van der Waals surface area contributed by atoms with Crippen LogP contribution in [-0.2, 0) is 0 Å². The number of rotatable bonds is 3. The number of benzene rings is 7. The predicted octanol–water partition coefficient (Wildman–Crippen LogP) is 10.4. The van der Waals surface area contributed by atoms with E-state index in [2.05, 4.69) is 150 Å². The van der Waals surface area contributed by atoms with Gasteiger partial charge in [0.15, 0.2) is 0 Å². The maximum atomic E-state index is 5.31. The van der Waals surface area contributed by atoms with Crippen LogP contribution in [0.3, 0.4) is 0 Å². The molecule has 7 aromatic carbocycles. The van der Waals surface area contributed by atoms with Gasteiger partial charge in [0.25, 0.3) is 0 Å². The first-order valence-corrected chi connectivity index (χ1v) is 14.6. The number of fused-ring (bicyclic) bond motifs is 7. The Hall–Kier alpha value is -5.80. The van der Waals surface area contributed by atoms with E-state index in [0.717, 1.165) is 33.2 Å². The summed E-state index contributed by atoms with van der Waals surface area (Å²) in [5, 5.41) is 8.31. The minimum absolute atomic E-state index is 0.674. The third-order valence-electron chi connectivity index (χ3n) is 8.57. The molecule has 0 atom stereocenters. The van der Waals surface area contributed by atoms with Crippen LogP contribution in [0.25, 0.3) is 82.6 Å². The summed E-state index contributed by atoms with van der Waals surface area (Å²) in [6.07, 6.45) is 0. The molecule has 0 unspecified atom stereocenters. The second kappa shape index (κ2) is 9.37. The van der Waals surface area contributed by atoms with Crippen LogP contribution in [0.4, 0.5) is 0 Å². The summed E-state index contributed by atoms with van der Waals surface area (Å²) >= 11 is 0. The van der Waals surface area contributed by atoms with Gasteiger partial charge in [-0.05, 0) is 63.0 Å². The zero-order valence-corrected chi connectivity index (χ0v) is 23.3. The first-order valence-electron chi connectivity index (χ1n) is 14.6. The van der Waals surface area contributed by atoms with Crippen LogP contribution in [0.1, 0.15) is 0 Å². The van der Waals surface area contributed by atoms with E-state index >= 15 is 0 Å². The number of aromatic nitrogens is 3. The molecule has 43 heavy (non-hydrogen) atoms. The van der Waals surface area contributed by atoms with Gasteiger partial charge in [-0.15, -0.1) is 0 Å². The molecule has 0 amide bonds. The van der Waals surface area contributed by atoms with Gasteiger partial charge in [-0.3, -0.25) is 4.57 Å². The monoisotopic (exact) mass is 547 g/mol. The molecule has 3 nitrogen and oxygen atoms in total. The number of para-hydroxylation sites is 2. The topological polar surface area (TPSA) is 30.7 Å². The lowest BCUT2D eigenvalue weighted by atomic mass is 9.98. The summed E-state index contributed by atoms with van der Waals surface area (Å²) in [6.45, 7) is 0. The summed E-state index contributed by atoms with van der Waals surface area (Å²) in [6, 6.07) is 53.8. The Morgan fingerprint density at radius 2 is 1.09 bits per heavy atom. The maximum Gasteiger partial charge on any atom is 0.235 e. The highest BCUT2D eigenvalue weighted by Gasteiger charge is 2.19. The third-order valence-corrected chi connectivity index (χ3v) is 8.57. The minimum Gasteiger partial charge on any atom is -0.278 e. The standard InChI is InChI=1S/C40H25N3/c1-2-10-26(11-3-1)29-20-22-32-30(24-29)21-23-37-38(32)34-15-7-9-17-36(34)43(37)40-41-35-16-8-6-14-33(35)39(42-40)31-19-18-27-12-4-5-13-28(27)25-31/h1-25H. The molecule has 0 radical (unpaired) electrons. The summed E-state index contributed by atoms with van der Waals surface area (Å²) < 4.78 is 2.23. The van der Waals surface area contributed by atoms with Crippen molar-refractivity contribution < 1.29 is 0 Å². The van der Waals surface area contributed by atoms with E-state index in [-0.39, 0.29) is 0 Å². The molecule has 0 bridgehead atoms. The quantitative estimate of drug-likeness (QED) is 0.220. The zero-order valence-electron chi connectivity index (χ0n) is 23.3. The van der Waals surface area contributed by atoms with Crippen LogP contribution in [0.5, 0.6) is 0 Å². The van der Waals surface area contributed by atoms with Crippen molar-refractivity contribution in [2.45, 2.75) is 0 Å². The van der Waals surface area contributed by atoms with E-state index in [4.69, 9.17) is 9.97 Å². The van der Waals surface area contributed by atoms with Gasteiger partial charge < -0.3 is 0 Å². The van der Waals surface area contributed by atoms with Crippen molar-refractivity contribution in [2.75, 3.05) is 0 Å². The van der Waals surface area contributed by atoms with E-state index in [1.807, 2.05) is 6.07 Å². The van der Waals surface area contributed by atoms with Crippen LogP contribution in [0, 0.1) is 0 Å². The Balaban J connectivity index is 1.32. The second-order valence-electron chi connectivity index (χ2n) is 11.1. The highest BCUT2D eigenvalue weighted by molar-refractivity contribution is 6.21. The zero-order chi connectivity index (χ0) is 28.3. The molecule has 0 saturated carbocycles. The van der Waals surface area contributed by atoms with E-state index in [9.17, 15) is 0 Å². The van der Waals surface area contributed by atoms with E-state index in [0.29, 0.717) is 5.95 Å². The van der Waals surface area contributed by atoms with Crippen LogP contribution >= 0.6 is 0 Å². The van der Waals surface area contributed by atoms with E-state index in [1.165, 1.54) is 43.4 Å². The van der Waals surface area contributed by atoms with Crippen LogP contribution in [-0.4, -0.2) is 14.5 Å². The van der Waals surface area contributed by atoms with Gasteiger partial charge in [0.05, 0.1) is 22.2 Å². The highest BCUT2D eigenvalue weighted by Crippen LogP contribution is 2.38. The predicted molar refractivity (Wildman–Crippen MR) is 180 cm³/mol. The lowest BCUT2D eigenvalue weighted by Crippen LogP contribution is -2.03. The third kappa shape index (κ3) is 3.75. The smallest absolute Gasteiger partial charge is 0.235 e. The molecule has 0 saturated heterocycles. The molecule has 9 rings (SSSR count). The van der Waals surface area contributed by atoms with Crippen molar-refractivity contribution in [2.24, 2.45) is 0 Å². The van der Waals surface area contributed by atoms with Gasteiger partial charge in [0.1, 0.15) is 0 Å². The largest absolute Gasteiger partial charge is 0.278 e. The highest BCUT2D eigenvalue weighted by atomic mass is 15.2. The number of hydrogen-bond acceptors (Lipinski definition) is 2. The summed E-state index contributed by atoms with van der Waals surface area (Å²) in [4.78, 5) is 10.5. The van der Waals surface area contributed by atoms with Crippen molar-refractivity contribution >= 4 is 54.3 Å². The first kappa shape index (κ1) is 23.9. The fourth-order valence-corrected chi connectivity index (χ4v) is 6.54. The molecule has 0 aliphatic carbocycles. The van der Waals surface area contributed by atoms with Gasteiger partial charge >= 0.3 is 0 Å². The van der Waals surface area contributed by atoms with Crippen LogP contribution < -0.4 is 0 Å². The lowest BCUT2D eigenvalue weighted by molar-refractivity contribution is 1.01. The van der Waals surface area contributed by atoms with Crippen molar-refractivity contribution in [3.63, 3.8) is 0 Å². The fourth-order valence-electron chi connectivity index (χ4n) is 6.54. The molecule has 0 fully saturated rings. The maximum absolute atomic E-state index is 5.31. The Bertz CT molecular complexity index is 2510. The summed E-state index contributed by atoms with van der Waals surface area (Å²) in [5.41, 5.74) is 7.57. The average molecular weight is 548 g/mol. The molecule has 0 spiro atoms. The Kier molecular flexibility index (Phi) is 5.20. The summed E-state index contributed by atoms with van der Waals surface area (Å²) in [5.74, 6) is 0.674. The van der Waals surface area contributed by atoms with Gasteiger partial charge in [-0.2, -0.15) is 0 Å². The molecule has 0 aliphatic rings. The van der Waals surface area contributed by atoms with Crippen molar-refractivity contribution in [3.8, 4) is 28.3 Å². The second-order valence-corrected chi connectivity index (χ2v) is 11.1.